The topological polar surface area (TPSA) is 29.9 Å². The summed E-state index contributed by atoms with van der Waals surface area (Å²) >= 11 is 0. The van der Waals surface area contributed by atoms with E-state index in [0.29, 0.717) is 0 Å². The van der Waals surface area contributed by atoms with E-state index < -0.39 is 0 Å². The van der Waals surface area contributed by atoms with Crippen molar-refractivity contribution in [1.29, 1.82) is 0 Å². The van der Waals surface area contributed by atoms with Crippen molar-refractivity contribution in [3.63, 3.8) is 0 Å². The van der Waals surface area contributed by atoms with Gasteiger partial charge in [0.05, 0.1) is 17.7 Å². The van der Waals surface area contributed by atoms with Crippen LogP contribution < -0.4 is 5.32 Å². The van der Waals surface area contributed by atoms with Crippen LogP contribution in [0, 0.1) is 0 Å². The molecular formula is C10H17N3. The number of hydrogen-bond acceptors (Lipinski definition) is 2. The van der Waals surface area contributed by atoms with Gasteiger partial charge in [0.1, 0.15) is 0 Å². The van der Waals surface area contributed by atoms with Crippen LogP contribution in [0.3, 0.4) is 0 Å². The van der Waals surface area contributed by atoms with E-state index in [1.807, 2.05) is 6.33 Å². The minimum absolute atomic E-state index is 0.166. The average molecular weight is 179 g/mol. The Kier molecular flexibility index (Phi) is 1.91. The third-order valence-electron chi connectivity index (χ3n) is 2.48. The Bertz CT molecular complexity index is 306. The molecule has 0 atom stereocenters. The number of hydrogen-bond donors (Lipinski definition) is 1. The first-order valence-corrected chi connectivity index (χ1v) is 4.84. The van der Waals surface area contributed by atoms with Crippen LogP contribution in [0.2, 0.25) is 0 Å². The Morgan fingerprint density at radius 3 is 2.92 bits per heavy atom. The molecule has 1 aromatic rings. The van der Waals surface area contributed by atoms with E-state index in [2.05, 4.69) is 35.6 Å². The summed E-state index contributed by atoms with van der Waals surface area (Å²) in [6.45, 7) is 9.72. The molecule has 0 amide bonds. The SMILES string of the molecule is CC(C)(C)c1ncn2c1CNCC2. The molecule has 1 aliphatic rings. The maximum absolute atomic E-state index is 4.49. The van der Waals surface area contributed by atoms with Crippen molar-refractivity contribution >= 4 is 0 Å². The van der Waals surface area contributed by atoms with Crippen molar-refractivity contribution in [3.05, 3.63) is 17.7 Å². The molecule has 0 saturated carbocycles. The molecule has 0 aliphatic carbocycles. The molecule has 1 aromatic heterocycles. The Morgan fingerprint density at radius 1 is 1.46 bits per heavy atom. The first-order chi connectivity index (χ1) is 6.09. The summed E-state index contributed by atoms with van der Waals surface area (Å²) in [6, 6.07) is 0. The van der Waals surface area contributed by atoms with Crippen LogP contribution in [-0.4, -0.2) is 16.1 Å². The lowest BCUT2D eigenvalue weighted by Crippen LogP contribution is -2.29. The molecule has 3 nitrogen and oxygen atoms in total. The highest BCUT2D eigenvalue weighted by Gasteiger charge is 2.23. The molecule has 0 aromatic carbocycles. The van der Waals surface area contributed by atoms with Crippen LogP contribution in [-0.2, 0) is 18.5 Å². The van der Waals surface area contributed by atoms with E-state index >= 15 is 0 Å². The summed E-state index contributed by atoms with van der Waals surface area (Å²) in [6.07, 6.45) is 1.97. The molecule has 3 heteroatoms. The molecular weight excluding hydrogens is 162 g/mol. The van der Waals surface area contributed by atoms with Gasteiger partial charge >= 0.3 is 0 Å². The van der Waals surface area contributed by atoms with Gasteiger partial charge in [-0.05, 0) is 0 Å². The first kappa shape index (κ1) is 8.75. The number of nitrogens with one attached hydrogen (secondary N) is 1. The third kappa shape index (κ3) is 1.48. The van der Waals surface area contributed by atoms with Crippen LogP contribution in [0.15, 0.2) is 6.33 Å². The highest BCUT2D eigenvalue weighted by molar-refractivity contribution is 5.22. The van der Waals surface area contributed by atoms with Gasteiger partial charge < -0.3 is 9.88 Å². The fraction of sp³-hybridized carbons (Fsp3) is 0.700. The molecule has 0 fully saturated rings. The maximum atomic E-state index is 4.49. The maximum Gasteiger partial charge on any atom is 0.0952 e. The van der Waals surface area contributed by atoms with Crippen LogP contribution in [0.1, 0.15) is 32.2 Å². The predicted octanol–water partition coefficient (Wildman–Crippen LogP) is 1.28. The largest absolute Gasteiger partial charge is 0.332 e. The van der Waals surface area contributed by atoms with Crippen molar-refractivity contribution in [2.45, 2.75) is 39.3 Å². The van der Waals surface area contributed by atoms with Crippen molar-refractivity contribution in [1.82, 2.24) is 14.9 Å². The van der Waals surface area contributed by atoms with E-state index in [4.69, 9.17) is 0 Å². The molecule has 2 rings (SSSR count). The van der Waals surface area contributed by atoms with Gasteiger partial charge in [0, 0.05) is 25.0 Å². The second-order valence-electron chi connectivity index (χ2n) is 4.66. The van der Waals surface area contributed by atoms with Gasteiger partial charge in [-0.1, -0.05) is 20.8 Å². The lowest BCUT2D eigenvalue weighted by molar-refractivity contribution is 0.494. The zero-order chi connectivity index (χ0) is 9.47. The molecule has 0 saturated heterocycles. The van der Waals surface area contributed by atoms with Gasteiger partial charge in [0.15, 0.2) is 0 Å². The molecule has 2 heterocycles. The van der Waals surface area contributed by atoms with Crippen LogP contribution in [0.25, 0.3) is 0 Å². The van der Waals surface area contributed by atoms with Crippen LogP contribution >= 0.6 is 0 Å². The van der Waals surface area contributed by atoms with E-state index in [1.165, 1.54) is 11.4 Å². The van der Waals surface area contributed by atoms with Crippen LogP contribution in [0.5, 0.6) is 0 Å². The van der Waals surface area contributed by atoms with Crippen molar-refractivity contribution in [3.8, 4) is 0 Å². The minimum Gasteiger partial charge on any atom is -0.332 e. The predicted molar refractivity (Wildman–Crippen MR) is 52.6 cm³/mol. The quantitative estimate of drug-likeness (QED) is 0.650. The summed E-state index contributed by atoms with van der Waals surface area (Å²) in [5.41, 5.74) is 2.76. The Balaban J connectivity index is 2.43. The zero-order valence-corrected chi connectivity index (χ0v) is 8.59. The molecule has 13 heavy (non-hydrogen) atoms. The van der Waals surface area contributed by atoms with Gasteiger partial charge in [-0.3, -0.25) is 0 Å². The molecule has 1 aliphatic heterocycles. The molecule has 72 valence electrons. The second-order valence-corrected chi connectivity index (χ2v) is 4.66. The van der Waals surface area contributed by atoms with Gasteiger partial charge in [-0.2, -0.15) is 0 Å². The molecule has 0 radical (unpaired) electrons. The summed E-state index contributed by atoms with van der Waals surface area (Å²) in [5, 5.41) is 3.38. The number of imidazole rings is 1. The lowest BCUT2D eigenvalue weighted by atomic mass is 9.90. The van der Waals surface area contributed by atoms with Crippen molar-refractivity contribution in [2.24, 2.45) is 0 Å². The summed E-state index contributed by atoms with van der Waals surface area (Å²) in [5.74, 6) is 0. The summed E-state index contributed by atoms with van der Waals surface area (Å²) in [4.78, 5) is 4.49. The minimum atomic E-state index is 0.166. The average Bonchev–Trinajstić information content (AvgIpc) is 2.45. The van der Waals surface area contributed by atoms with E-state index in [-0.39, 0.29) is 5.41 Å². The highest BCUT2D eigenvalue weighted by atomic mass is 15.1. The number of rotatable bonds is 0. The van der Waals surface area contributed by atoms with Gasteiger partial charge in [-0.15, -0.1) is 0 Å². The van der Waals surface area contributed by atoms with Gasteiger partial charge in [0.2, 0.25) is 0 Å². The second kappa shape index (κ2) is 2.84. The Hall–Kier alpha value is -0.830. The first-order valence-electron chi connectivity index (χ1n) is 4.84. The fourth-order valence-electron chi connectivity index (χ4n) is 1.82. The normalized spacial score (nSPS) is 17.2. The monoisotopic (exact) mass is 179 g/mol. The smallest absolute Gasteiger partial charge is 0.0952 e. The summed E-state index contributed by atoms with van der Waals surface area (Å²) < 4.78 is 2.26. The number of aromatic nitrogens is 2. The number of nitrogens with zero attached hydrogens (tertiary/aromatic N) is 2. The number of fused-ring (bicyclic) bond motifs is 1. The van der Waals surface area contributed by atoms with Crippen molar-refractivity contribution in [2.75, 3.05) is 6.54 Å². The fourth-order valence-corrected chi connectivity index (χ4v) is 1.82. The molecule has 0 unspecified atom stereocenters. The Labute approximate surface area is 79.2 Å². The highest BCUT2D eigenvalue weighted by Crippen LogP contribution is 2.25. The molecule has 0 spiro atoms. The van der Waals surface area contributed by atoms with E-state index in [0.717, 1.165) is 19.6 Å². The van der Waals surface area contributed by atoms with E-state index in [1.54, 1.807) is 0 Å². The van der Waals surface area contributed by atoms with Gasteiger partial charge in [0.25, 0.3) is 0 Å². The molecule has 1 N–H and O–H groups in total. The third-order valence-corrected chi connectivity index (χ3v) is 2.48. The van der Waals surface area contributed by atoms with E-state index in [9.17, 15) is 0 Å². The summed E-state index contributed by atoms with van der Waals surface area (Å²) in [7, 11) is 0. The lowest BCUT2D eigenvalue weighted by Gasteiger charge is -2.22. The van der Waals surface area contributed by atoms with Crippen molar-refractivity contribution < 1.29 is 0 Å². The van der Waals surface area contributed by atoms with Crippen LogP contribution in [0.4, 0.5) is 0 Å². The van der Waals surface area contributed by atoms with Gasteiger partial charge in [-0.25, -0.2) is 4.98 Å². The molecule has 0 bridgehead atoms. The zero-order valence-electron chi connectivity index (χ0n) is 8.59. The Morgan fingerprint density at radius 2 is 2.23 bits per heavy atom. The standard InChI is InChI=1S/C10H17N3/c1-10(2,3)9-8-6-11-4-5-13(8)7-12-9/h7,11H,4-6H2,1-3H3.